The summed E-state index contributed by atoms with van der Waals surface area (Å²) in [5.74, 6) is 0.381. The number of rotatable bonds is 5. The lowest BCUT2D eigenvalue weighted by atomic mass is 9.82. The van der Waals surface area contributed by atoms with Crippen LogP contribution in [0.1, 0.15) is 100 Å². The molecule has 1 aromatic heterocycles. The van der Waals surface area contributed by atoms with Crippen LogP contribution in [-0.2, 0) is 20.4 Å². The number of carboxylic acids is 1. The predicted molar refractivity (Wildman–Crippen MR) is 176 cm³/mol. The van der Waals surface area contributed by atoms with Crippen LogP contribution >= 0.6 is 24.4 Å². The lowest BCUT2D eigenvalue weighted by Crippen LogP contribution is -2.34. The minimum Gasteiger partial charge on any atom is -0.870 e. The molecule has 0 aromatic carbocycles. The highest BCUT2D eigenvalue weighted by atomic mass is 32.2. The Labute approximate surface area is 261 Å². The van der Waals surface area contributed by atoms with Crippen LogP contribution in [0.25, 0.3) is 6.08 Å². The van der Waals surface area contributed by atoms with Gasteiger partial charge in [-0.05, 0) is 92.1 Å². The fourth-order valence-electron chi connectivity index (χ4n) is 4.27. The maximum absolute atomic E-state index is 13.7. The normalized spacial score (nSPS) is 17.4. The van der Waals surface area contributed by atoms with Gasteiger partial charge in [0, 0.05) is 22.8 Å². The van der Waals surface area contributed by atoms with Crippen LogP contribution in [0.15, 0.2) is 65.8 Å². The molecule has 2 heterocycles. The first-order valence-electron chi connectivity index (χ1n) is 14.0. The van der Waals surface area contributed by atoms with Gasteiger partial charge in [0.05, 0.1) is 16.5 Å². The molecule has 0 bridgehead atoms. The van der Waals surface area contributed by atoms with Crippen molar-refractivity contribution in [2.45, 2.75) is 98.8 Å². The molecule has 3 N–H and O–H groups in total. The highest BCUT2D eigenvalue weighted by Gasteiger charge is 2.39. The van der Waals surface area contributed by atoms with Crippen LogP contribution in [0, 0.1) is 10.8 Å². The highest BCUT2D eigenvalue weighted by Crippen LogP contribution is 2.49. The van der Waals surface area contributed by atoms with E-state index in [0.717, 1.165) is 22.7 Å². The van der Waals surface area contributed by atoms with E-state index in [1.54, 1.807) is 17.8 Å². The number of hydrogen-bond donors (Lipinski definition) is 3. The van der Waals surface area contributed by atoms with Crippen molar-refractivity contribution in [2.75, 3.05) is 6.54 Å². The van der Waals surface area contributed by atoms with Crippen molar-refractivity contribution in [3.8, 4) is 0 Å². The maximum atomic E-state index is 13.7. The summed E-state index contributed by atoms with van der Waals surface area (Å²) in [5.41, 5.74) is 2.44. The number of carbonyl (C=O) groups is 2. The number of nitrogens with one attached hydrogen (secondary N) is 1. The second kappa shape index (κ2) is 12.2. The molecule has 0 amide bonds. The van der Waals surface area contributed by atoms with Gasteiger partial charge in [0.1, 0.15) is 11.4 Å². The van der Waals surface area contributed by atoms with Gasteiger partial charge in [0.2, 0.25) is 0 Å². The van der Waals surface area contributed by atoms with E-state index in [0.29, 0.717) is 21.7 Å². The third-order valence-electron chi connectivity index (χ3n) is 6.76. The van der Waals surface area contributed by atoms with Gasteiger partial charge in [-0.3, -0.25) is 9.59 Å². The molecule has 8 heteroatoms. The standard InChI is InChI=1S/C34H45NO4S2.H2O/c1-31(2,3)23-17-20(29(40)30(39-23)34(10,11)12)16-22-27(35-18-26(36)37)21(28(22)38)13-19-14-24(32(4,5)6)41-25(15-19)33(7,8)9;/h13-17H,18H2,1-12H3,(H2-,35,36,37,38,40);1H2. The van der Waals surface area contributed by atoms with Crippen molar-refractivity contribution in [2.24, 2.45) is 10.8 Å². The van der Waals surface area contributed by atoms with E-state index in [-0.39, 0.29) is 39.5 Å². The van der Waals surface area contributed by atoms with Gasteiger partial charge in [-0.2, -0.15) is 0 Å². The van der Waals surface area contributed by atoms with Gasteiger partial charge in [0.15, 0.2) is 5.78 Å². The molecule has 0 atom stereocenters. The van der Waals surface area contributed by atoms with Crippen molar-refractivity contribution >= 4 is 42.2 Å². The predicted octanol–water partition coefficient (Wildman–Crippen LogP) is 8.70. The van der Waals surface area contributed by atoms with Gasteiger partial charge in [0.25, 0.3) is 0 Å². The SMILES string of the molecule is CC(C)(C)C1=CC(=CC2=C(NCC(=O)O)C(=Cc3cc(C(C)(C)C)[o+]c(C(C)(C)C)c3S)C2=O)C=C(C(C)(C)C)S1.[OH-]. The average Bonchev–Trinajstić information content (AvgIpc) is 2.80. The second-order valence-corrected chi connectivity index (χ2v) is 16.5. The molecule has 6 nitrogen and oxygen atoms in total. The number of Topliss-reactive ketones (excluding diaryl/α,β-unsaturated/α-hetero) is 1. The van der Waals surface area contributed by atoms with E-state index in [9.17, 15) is 14.7 Å². The van der Waals surface area contributed by atoms with Gasteiger partial charge < -0.3 is 15.9 Å². The number of thioether (sulfide) groups is 1. The molecule has 0 spiro atoms. The van der Waals surface area contributed by atoms with Crippen molar-refractivity contribution in [1.82, 2.24) is 5.32 Å². The fourth-order valence-corrected chi connectivity index (χ4v) is 6.02. The van der Waals surface area contributed by atoms with Crippen molar-refractivity contribution in [3.63, 3.8) is 0 Å². The zero-order chi connectivity index (χ0) is 31.3. The molecular weight excluding hydrogens is 567 g/mol. The molecule has 0 radical (unpaired) electrons. The third kappa shape index (κ3) is 8.08. The summed E-state index contributed by atoms with van der Waals surface area (Å²) < 4.78 is 6.32. The van der Waals surface area contributed by atoms with Crippen molar-refractivity contribution in [3.05, 3.63) is 73.6 Å². The largest absolute Gasteiger partial charge is 0.870 e. The first-order chi connectivity index (χ1) is 18.5. The fraction of sp³-hybridized carbons (Fsp3) is 0.500. The number of allylic oxidation sites excluding steroid dienone is 8. The van der Waals surface area contributed by atoms with E-state index >= 15 is 0 Å². The van der Waals surface area contributed by atoms with Crippen LogP contribution in [0.3, 0.4) is 0 Å². The van der Waals surface area contributed by atoms with Crippen LogP contribution in [-0.4, -0.2) is 28.9 Å². The first-order valence-corrected chi connectivity index (χ1v) is 15.3. The van der Waals surface area contributed by atoms with Gasteiger partial charge in [-0.25, -0.2) is 4.42 Å². The molecule has 2 aliphatic rings. The zero-order valence-electron chi connectivity index (χ0n) is 27.1. The summed E-state index contributed by atoms with van der Waals surface area (Å²) in [6.07, 6.45) is 7.95. The Morgan fingerprint density at radius 2 is 1.43 bits per heavy atom. The van der Waals surface area contributed by atoms with Crippen LogP contribution in [0.5, 0.6) is 0 Å². The summed E-state index contributed by atoms with van der Waals surface area (Å²) in [4.78, 5) is 28.3. The quantitative estimate of drug-likeness (QED) is 0.173. The van der Waals surface area contributed by atoms with Crippen molar-refractivity contribution in [1.29, 1.82) is 0 Å². The summed E-state index contributed by atoms with van der Waals surface area (Å²) >= 11 is 6.61. The average molecular weight is 614 g/mol. The summed E-state index contributed by atoms with van der Waals surface area (Å²) in [6, 6.07) is 1.93. The Morgan fingerprint density at radius 3 is 1.86 bits per heavy atom. The van der Waals surface area contributed by atoms with Crippen molar-refractivity contribution < 1.29 is 24.6 Å². The van der Waals surface area contributed by atoms with Crippen LogP contribution < -0.4 is 5.32 Å². The Hall–Kier alpha value is -2.55. The lowest BCUT2D eigenvalue weighted by molar-refractivity contribution is -0.135. The Morgan fingerprint density at radius 1 is 0.905 bits per heavy atom. The van der Waals surface area contributed by atoms with Gasteiger partial charge in [-0.1, -0.05) is 53.3 Å². The number of thiol groups is 1. The molecular formula is C34H47NO5S2. The second-order valence-electron chi connectivity index (χ2n) is 14.9. The molecule has 1 aliphatic heterocycles. The van der Waals surface area contributed by atoms with Crippen LogP contribution in [0.4, 0.5) is 0 Å². The number of hydrogen-bond acceptors (Lipinski definition) is 6. The highest BCUT2D eigenvalue weighted by molar-refractivity contribution is 8.06. The van der Waals surface area contributed by atoms with Crippen LogP contribution in [0.2, 0.25) is 0 Å². The van der Waals surface area contributed by atoms with Gasteiger partial charge in [-0.15, -0.1) is 12.6 Å². The minimum absolute atomic E-state index is 0. The summed E-state index contributed by atoms with van der Waals surface area (Å²) in [7, 11) is 0. The topological polar surface area (TPSA) is 108 Å². The molecule has 42 heavy (non-hydrogen) atoms. The number of carboxylic acid groups (broad SMARTS) is 1. The van der Waals surface area contributed by atoms with E-state index < -0.39 is 5.97 Å². The third-order valence-corrected chi connectivity index (χ3v) is 9.12. The Balaban J connectivity index is 0.00000616. The smallest absolute Gasteiger partial charge is 0.348 e. The lowest BCUT2D eigenvalue weighted by Gasteiger charge is -2.32. The van der Waals surface area contributed by atoms with E-state index in [1.165, 1.54) is 9.81 Å². The van der Waals surface area contributed by atoms with E-state index in [2.05, 4.69) is 101 Å². The zero-order valence-corrected chi connectivity index (χ0v) is 28.8. The number of aliphatic carboxylic acids is 1. The maximum Gasteiger partial charge on any atom is 0.348 e. The van der Waals surface area contributed by atoms with E-state index in [1.807, 2.05) is 12.1 Å². The van der Waals surface area contributed by atoms with Gasteiger partial charge >= 0.3 is 17.5 Å². The molecule has 0 saturated heterocycles. The summed E-state index contributed by atoms with van der Waals surface area (Å²) in [6.45, 7) is 25.2. The molecule has 3 rings (SSSR count). The molecule has 0 unspecified atom stereocenters. The first kappa shape index (κ1) is 35.6. The molecule has 1 aromatic rings. The summed E-state index contributed by atoms with van der Waals surface area (Å²) in [5, 5.41) is 12.4. The molecule has 230 valence electrons. The Bertz CT molecular complexity index is 1400. The monoisotopic (exact) mass is 613 g/mol. The Kier molecular flexibility index (Phi) is 10.4. The van der Waals surface area contributed by atoms with E-state index in [4.69, 9.17) is 17.0 Å². The molecule has 0 saturated carbocycles. The molecule has 0 fully saturated rings. The molecule has 1 aliphatic carbocycles. The minimum atomic E-state index is -1.000. The number of ketones is 1. The number of carbonyl (C=O) groups excluding carboxylic acids is 1.